The fourth-order valence-electron chi connectivity index (χ4n) is 3.88. The van der Waals surface area contributed by atoms with Crippen LogP contribution in [0.2, 0.25) is 0 Å². The van der Waals surface area contributed by atoms with E-state index in [1.807, 2.05) is 6.92 Å². The lowest BCUT2D eigenvalue weighted by atomic mass is 10.1. The minimum Gasteiger partial charge on any atom is -0.384 e. The van der Waals surface area contributed by atoms with E-state index >= 15 is 0 Å². The highest BCUT2D eigenvalue weighted by molar-refractivity contribution is 5.84. The molecule has 1 aliphatic rings. The first-order valence-electron chi connectivity index (χ1n) is 10.8. The van der Waals surface area contributed by atoms with Crippen molar-refractivity contribution in [3.63, 3.8) is 0 Å². The number of rotatable bonds is 5. The van der Waals surface area contributed by atoms with Gasteiger partial charge in [-0.3, -0.25) is 9.36 Å². The summed E-state index contributed by atoms with van der Waals surface area (Å²) < 4.78 is 7.02. The SMILES string of the molecule is Cc1noc(-c2c(N)ncnc2NC(C)c2nc3cccc(C#CCO)c3c(=O)n2C2CC2)n1. The summed E-state index contributed by atoms with van der Waals surface area (Å²) in [6.45, 7) is 3.31. The predicted octanol–water partition coefficient (Wildman–Crippen LogP) is 1.98. The number of nitrogens with zero attached hydrogens (tertiary/aromatic N) is 6. The molecule has 0 bridgehead atoms. The molecule has 11 nitrogen and oxygen atoms in total. The minimum atomic E-state index is -0.415. The first-order chi connectivity index (χ1) is 16.5. The van der Waals surface area contributed by atoms with Crippen molar-refractivity contribution in [2.75, 3.05) is 17.7 Å². The number of nitrogens with two attached hydrogens (primary N) is 1. The molecule has 0 radical (unpaired) electrons. The van der Waals surface area contributed by atoms with Crippen LogP contribution in [0, 0.1) is 18.8 Å². The molecule has 3 aromatic heterocycles. The first kappa shape index (κ1) is 21.5. The number of aliphatic hydroxyl groups is 1. The van der Waals surface area contributed by atoms with Crippen molar-refractivity contribution in [3.05, 3.63) is 52.1 Å². The highest BCUT2D eigenvalue weighted by Gasteiger charge is 2.31. The van der Waals surface area contributed by atoms with Crippen molar-refractivity contribution < 1.29 is 9.63 Å². The van der Waals surface area contributed by atoms with Gasteiger partial charge in [-0.05, 0) is 38.8 Å². The molecule has 1 aromatic carbocycles. The van der Waals surface area contributed by atoms with Gasteiger partial charge >= 0.3 is 0 Å². The van der Waals surface area contributed by atoms with Gasteiger partial charge in [0.15, 0.2) is 5.82 Å². The van der Waals surface area contributed by atoms with Gasteiger partial charge in [0.25, 0.3) is 11.4 Å². The van der Waals surface area contributed by atoms with E-state index in [0.717, 1.165) is 12.8 Å². The fourth-order valence-corrected chi connectivity index (χ4v) is 3.88. The van der Waals surface area contributed by atoms with Crippen molar-refractivity contribution in [1.29, 1.82) is 0 Å². The molecule has 0 amide bonds. The van der Waals surface area contributed by atoms with E-state index in [1.165, 1.54) is 6.33 Å². The number of benzene rings is 1. The monoisotopic (exact) mass is 458 g/mol. The molecule has 3 heterocycles. The predicted molar refractivity (Wildman–Crippen MR) is 125 cm³/mol. The Balaban J connectivity index is 1.62. The van der Waals surface area contributed by atoms with Crippen LogP contribution in [0.25, 0.3) is 22.4 Å². The molecule has 0 spiro atoms. The van der Waals surface area contributed by atoms with E-state index in [1.54, 1.807) is 29.7 Å². The van der Waals surface area contributed by atoms with Crippen LogP contribution in [0.3, 0.4) is 0 Å². The van der Waals surface area contributed by atoms with Gasteiger partial charge in [0, 0.05) is 11.6 Å². The smallest absolute Gasteiger partial charge is 0.265 e. The highest BCUT2D eigenvalue weighted by Crippen LogP contribution is 2.37. The first-order valence-corrected chi connectivity index (χ1v) is 10.8. The number of anilines is 2. The third-order valence-electron chi connectivity index (χ3n) is 5.53. The van der Waals surface area contributed by atoms with Crippen LogP contribution in [-0.4, -0.2) is 41.4 Å². The lowest BCUT2D eigenvalue weighted by Crippen LogP contribution is -2.28. The highest BCUT2D eigenvalue weighted by atomic mass is 16.5. The molecule has 0 aliphatic heterocycles. The molecule has 0 saturated heterocycles. The van der Waals surface area contributed by atoms with Crippen molar-refractivity contribution in [2.24, 2.45) is 0 Å². The second kappa shape index (κ2) is 8.57. The Morgan fingerprint density at radius 1 is 1.32 bits per heavy atom. The van der Waals surface area contributed by atoms with E-state index in [2.05, 4.69) is 37.3 Å². The summed E-state index contributed by atoms with van der Waals surface area (Å²) in [4.78, 5) is 31.1. The largest absolute Gasteiger partial charge is 0.384 e. The van der Waals surface area contributed by atoms with Gasteiger partial charge in [-0.25, -0.2) is 15.0 Å². The van der Waals surface area contributed by atoms with Crippen LogP contribution in [0.15, 0.2) is 33.8 Å². The molecule has 4 aromatic rings. The summed E-state index contributed by atoms with van der Waals surface area (Å²) in [6.07, 6.45) is 3.12. The van der Waals surface area contributed by atoms with Gasteiger partial charge in [-0.1, -0.05) is 23.1 Å². The lowest BCUT2D eigenvalue weighted by molar-refractivity contribution is 0.350. The quantitative estimate of drug-likeness (QED) is 0.378. The van der Waals surface area contributed by atoms with Crippen LogP contribution in [-0.2, 0) is 0 Å². The van der Waals surface area contributed by atoms with Gasteiger partial charge < -0.3 is 20.7 Å². The molecular formula is C23H22N8O3. The summed E-state index contributed by atoms with van der Waals surface area (Å²) in [7, 11) is 0. The summed E-state index contributed by atoms with van der Waals surface area (Å²) >= 11 is 0. The van der Waals surface area contributed by atoms with Crippen LogP contribution in [0.1, 0.15) is 49.1 Å². The number of aliphatic hydroxyl groups excluding tert-OH is 1. The van der Waals surface area contributed by atoms with E-state index in [4.69, 9.17) is 20.3 Å². The summed E-state index contributed by atoms with van der Waals surface area (Å²) in [5, 5.41) is 16.7. The summed E-state index contributed by atoms with van der Waals surface area (Å²) in [6, 6.07) is 4.98. The van der Waals surface area contributed by atoms with Crippen LogP contribution in [0.5, 0.6) is 0 Å². The number of hydrogen-bond acceptors (Lipinski definition) is 10. The third-order valence-corrected chi connectivity index (χ3v) is 5.53. The van der Waals surface area contributed by atoms with Crippen LogP contribution < -0.4 is 16.6 Å². The summed E-state index contributed by atoms with van der Waals surface area (Å²) in [5.41, 5.74) is 7.41. The molecule has 1 saturated carbocycles. The fraction of sp³-hybridized carbons (Fsp3) is 0.304. The van der Waals surface area contributed by atoms with Gasteiger partial charge in [-0.15, -0.1) is 0 Å². The normalized spacial score (nSPS) is 14.0. The average Bonchev–Trinajstić information content (AvgIpc) is 3.57. The Hall–Kier alpha value is -4.30. The molecule has 1 aliphatic carbocycles. The molecule has 1 atom stereocenters. The second-order valence-electron chi connectivity index (χ2n) is 8.03. The molecule has 1 unspecified atom stereocenters. The van der Waals surface area contributed by atoms with Gasteiger partial charge in [-0.2, -0.15) is 4.98 Å². The molecule has 34 heavy (non-hydrogen) atoms. The number of nitrogen functional groups attached to an aromatic ring is 1. The van der Waals surface area contributed by atoms with Gasteiger partial charge in [0.1, 0.15) is 36.0 Å². The maximum Gasteiger partial charge on any atom is 0.265 e. The zero-order chi connectivity index (χ0) is 23.8. The number of aryl methyl sites for hydroxylation is 1. The van der Waals surface area contributed by atoms with E-state index < -0.39 is 6.04 Å². The molecule has 11 heteroatoms. The number of aromatic nitrogens is 6. The molecule has 172 valence electrons. The van der Waals surface area contributed by atoms with Crippen molar-refractivity contribution >= 4 is 22.5 Å². The second-order valence-corrected chi connectivity index (χ2v) is 8.03. The van der Waals surface area contributed by atoms with Crippen molar-refractivity contribution in [3.8, 4) is 23.3 Å². The molecular weight excluding hydrogens is 436 g/mol. The van der Waals surface area contributed by atoms with Gasteiger partial charge in [0.05, 0.1) is 16.9 Å². The maximum absolute atomic E-state index is 13.6. The Morgan fingerprint density at radius 2 is 2.15 bits per heavy atom. The lowest BCUT2D eigenvalue weighted by Gasteiger charge is -2.21. The Morgan fingerprint density at radius 3 is 2.85 bits per heavy atom. The van der Waals surface area contributed by atoms with E-state index in [0.29, 0.717) is 39.5 Å². The van der Waals surface area contributed by atoms with Crippen molar-refractivity contribution in [2.45, 2.75) is 38.8 Å². The standard InChI is InChI=1S/C23H22N8O3/c1-12(27-20-18(19(24)25-11-26-20)22-28-13(2)30-34-22)21-29-16-7-3-5-14(6-4-10-32)17(16)23(33)31(21)15-8-9-15/h3,5,7,11-12,15,32H,8-10H2,1-2H3,(H3,24,25,26,27). The topological polar surface area (TPSA) is 158 Å². The maximum atomic E-state index is 13.6. The average molecular weight is 458 g/mol. The zero-order valence-corrected chi connectivity index (χ0v) is 18.6. The van der Waals surface area contributed by atoms with Crippen LogP contribution in [0.4, 0.5) is 11.6 Å². The number of nitrogens with one attached hydrogen (secondary N) is 1. The van der Waals surface area contributed by atoms with Crippen molar-refractivity contribution in [1.82, 2.24) is 29.7 Å². The third kappa shape index (κ3) is 3.84. The van der Waals surface area contributed by atoms with E-state index in [-0.39, 0.29) is 29.9 Å². The molecule has 4 N–H and O–H groups in total. The van der Waals surface area contributed by atoms with E-state index in [9.17, 15) is 4.79 Å². The molecule has 1 fully saturated rings. The zero-order valence-electron chi connectivity index (χ0n) is 18.6. The number of hydrogen-bond donors (Lipinski definition) is 3. The number of fused-ring (bicyclic) bond motifs is 1. The minimum absolute atomic E-state index is 0.0658. The Labute approximate surface area is 194 Å². The Kier molecular flexibility index (Phi) is 5.43. The van der Waals surface area contributed by atoms with Gasteiger partial charge in [0.2, 0.25) is 0 Å². The summed E-state index contributed by atoms with van der Waals surface area (Å²) in [5.74, 6) is 7.28. The molecule has 5 rings (SSSR count). The Bertz CT molecular complexity index is 1510. The van der Waals surface area contributed by atoms with Crippen LogP contribution >= 0.6 is 0 Å².